The first-order valence-corrected chi connectivity index (χ1v) is 5.10. The number of hydrogen-bond acceptors (Lipinski definition) is 2. The molecule has 0 saturated heterocycles. The minimum absolute atomic E-state index is 0.555. The number of unbranched alkanes of at least 4 members (excludes halogenated alkanes) is 2. The highest BCUT2D eigenvalue weighted by molar-refractivity contribution is 6.29. The van der Waals surface area contributed by atoms with Crippen molar-refractivity contribution in [2.75, 3.05) is 0 Å². The standard InChI is InChI=1S/C10H15ClN2/c1-3-4-5-6-10-12-8(2)7-9(11)13-10/h7H,3-6H2,1-2H3. The molecule has 1 heterocycles. The van der Waals surface area contributed by atoms with E-state index >= 15 is 0 Å². The lowest BCUT2D eigenvalue weighted by Gasteiger charge is -2.00. The molecule has 0 bridgehead atoms. The second-order valence-electron chi connectivity index (χ2n) is 3.21. The second kappa shape index (κ2) is 5.18. The highest BCUT2D eigenvalue weighted by Gasteiger charge is 1.99. The highest BCUT2D eigenvalue weighted by atomic mass is 35.5. The molecule has 0 saturated carbocycles. The van der Waals surface area contributed by atoms with Gasteiger partial charge in [0.25, 0.3) is 0 Å². The SMILES string of the molecule is CCCCCc1nc(C)cc(Cl)n1. The molecular weight excluding hydrogens is 184 g/mol. The minimum atomic E-state index is 0.555. The van der Waals surface area contributed by atoms with Crippen molar-refractivity contribution in [3.8, 4) is 0 Å². The molecule has 0 spiro atoms. The zero-order chi connectivity index (χ0) is 9.68. The zero-order valence-corrected chi connectivity index (χ0v) is 8.93. The molecule has 0 aliphatic rings. The van der Waals surface area contributed by atoms with E-state index in [1.165, 1.54) is 12.8 Å². The average molecular weight is 199 g/mol. The van der Waals surface area contributed by atoms with Crippen LogP contribution in [-0.4, -0.2) is 9.97 Å². The molecule has 13 heavy (non-hydrogen) atoms. The van der Waals surface area contributed by atoms with Crippen LogP contribution in [0.3, 0.4) is 0 Å². The molecule has 1 rings (SSSR count). The Morgan fingerprint density at radius 3 is 2.69 bits per heavy atom. The smallest absolute Gasteiger partial charge is 0.133 e. The van der Waals surface area contributed by atoms with Crippen LogP contribution in [0.1, 0.15) is 37.7 Å². The number of rotatable bonds is 4. The van der Waals surface area contributed by atoms with Crippen molar-refractivity contribution in [1.29, 1.82) is 0 Å². The molecule has 2 nitrogen and oxygen atoms in total. The van der Waals surface area contributed by atoms with Crippen LogP contribution >= 0.6 is 11.6 Å². The fourth-order valence-electron chi connectivity index (χ4n) is 1.23. The van der Waals surface area contributed by atoms with Crippen LogP contribution in [0.4, 0.5) is 0 Å². The van der Waals surface area contributed by atoms with Crippen LogP contribution in [0.5, 0.6) is 0 Å². The van der Waals surface area contributed by atoms with Crippen molar-refractivity contribution in [2.24, 2.45) is 0 Å². The predicted molar refractivity (Wildman–Crippen MR) is 55.0 cm³/mol. The molecule has 0 fully saturated rings. The summed E-state index contributed by atoms with van der Waals surface area (Å²) in [6.45, 7) is 4.13. The van der Waals surface area contributed by atoms with Gasteiger partial charge in [0.05, 0.1) is 0 Å². The Morgan fingerprint density at radius 2 is 2.08 bits per heavy atom. The number of nitrogens with zero attached hydrogens (tertiary/aromatic N) is 2. The fourth-order valence-corrected chi connectivity index (χ4v) is 1.49. The molecule has 3 heteroatoms. The van der Waals surface area contributed by atoms with Gasteiger partial charge in [-0.3, -0.25) is 0 Å². The predicted octanol–water partition coefficient (Wildman–Crippen LogP) is 3.17. The van der Waals surface area contributed by atoms with Gasteiger partial charge in [-0.05, 0) is 19.4 Å². The van der Waals surface area contributed by atoms with E-state index in [0.717, 1.165) is 24.4 Å². The van der Waals surface area contributed by atoms with Crippen LogP contribution in [0.25, 0.3) is 0 Å². The Hall–Kier alpha value is -0.630. The van der Waals surface area contributed by atoms with Crippen molar-refractivity contribution < 1.29 is 0 Å². The topological polar surface area (TPSA) is 25.8 Å². The third kappa shape index (κ3) is 3.73. The van der Waals surface area contributed by atoms with Gasteiger partial charge in [-0.15, -0.1) is 0 Å². The van der Waals surface area contributed by atoms with E-state index in [4.69, 9.17) is 11.6 Å². The Morgan fingerprint density at radius 1 is 1.31 bits per heavy atom. The molecule has 0 amide bonds. The van der Waals surface area contributed by atoms with Crippen molar-refractivity contribution in [3.05, 3.63) is 22.7 Å². The Bertz CT molecular complexity index is 253. The summed E-state index contributed by atoms with van der Waals surface area (Å²) in [5, 5.41) is 0.555. The van der Waals surface area contributed by atoms with Gasteiger partial charge in [0.1, 0.15) is 11.0 Å². The summed E-state index contributed by atoms with van der Waals surface area (Å²) in [6, 6.07) is 1.78. The van der Waals surface area contributed by atoms with Gasteiger partial charge in [0.15, 0.2) is 0 Å². The lowest BCUT2D eigenvalue weighted by atomic mass is 10.2. The molecule has 0 unspecified atom stereocenters. The fraction of sp³-hybridized carbons (Fsp3) is 0.600. The van der Waals surface area contributed by atoms with Gasteiger partial charge in [0.2, 0.25) is 0 Å². The molecular formula is C10H15ClN2. The largest absolute Gasteiger partial charge is 0.238 e. The summed E-state index contributed by atoms with van der Waals surface area (Å²) in [5.41, 5.74) is 0.950. The van der Waals surface area contributed by atoms with E-state index in [9.17, 15) is 0 Å². The van der Waals surface area contributed by atoms with Gasteiger partial charge in [-0.25, -0.2) is 9.97 Å². The van der Waals surface area contributed by atoms with Crippen molar-refractivity contribution in [3.63, 3.8) is 0 Å². The maximum atomic E-state index is 5.81. The molecule has 1 aromatic heterocycles. The Labute approximate surface area is 84.4 Å². The molecule has 1 aromatic rings. The van der Waals surface area contributed by atoms with E-state index in [1.807, 2.05) is 6.92 Å². The summed E-state index contributed by atoms with van der Waals surface area (Å²) in [7, 11) is 0. The first kappa shape index (κ1) is 10.5. The maximum Gasteiger partial charge on any atom is 0.133 e. The number of aromatic nitrogens is 2. The quantitative estimate of drug-likeness (QED) is 0.549. The monoisotopic (exact) mass is 198 g/mol. The van der Waals surface area contributed by atoms with E-state index in [0.29, 0.717) is 5.15 Å². The van der Waals surface area contributed by atoms with E-state index in [1.54, 1.807) is 6.07 Å². The lowest BCUT2D eigenvalue weighted by Crippen LogP contribution is -1.97. The van der Waals surface area contributed by atoms with Gasteiger partial charge in [0, 0.05) is 12.1 Å². The van der Waals surface area contributed by atoms with Crippen molar-refractivity contribution in [2.45, 2.75) is 39.5 Å². The summed E-state index contributed by atoms with van der Waals surface area (Å²) in [4.78, 5) is 8.47. The number of hydrogen-bond donors (Lipinski definition) is 0. The number of aryl methyl sites for hydroxylation is 2. The van der Waals surface area contributed by atoms with Gasteiger partial charge < -0.3 is 0 Å². The highest BCUT2D eigenvalue weighted by Crippen LogP contribution is 2.08. The average Bonchev–Trinajstić information content (AvgIpc) is 2.03. The van der Waals surface area contributed by atoms with Crippen LogP contribution in [0, 0.1) is 6.92 Å². The molecule has 0 aliphatic heterocycles. The van der Waals surface area contributed by atoms with Crippen LogP contribution in [-0.2, 0) is 6.42 Å². The van der Waals surface area contributed by atoms with E-state index in [-0.39, 0.29) is 0 Å². The van der Waals surface area contributed by atoms with E-state index in [2.05, 4.69) is 16.9 Å². The number of halogens is 1. The second-order valence-corrected chi connectivity index (χ2v) is 3.59. The molecule has 0 aliphatic carbocycles. The van der Waals surface area contributed by atoms with Crippen molar-refractivity contribution >= 4 is 11.6 Å². The molecule has 72 valence electrons. The summed E-state index contributed by atoms with van der Waals surface area (Å²) < 4.78 is 0. The van der Waals surface area contributed by atoms with E-state index < -0.39 is 0 Å². The summed E-state index contributed by atoms with van der Waals surface area (Å²) in [5.74, 6) is 0.874. The Kier molecular flexibility index (Phi) is 4.16. The van der Waals surface area contributed by atoms with Gasteiger partial charge in [-0.2, -0.15) is 0 Å². The normalized spacial score (nSPS) is 10.4. The van der Waals surface area contributed by atoms with Gasteiger partial charge in [-0.1, -0.05) is 31.4 Å². The summed E-state index contributed by atoms with van der Waals surface area (Å²) >= 11 is 5.81. The molecule has 0 atom stereocenters. The minimum Gasteiger partial charge on any atom is -0.238 e. The summed E-state index contributed by atoms with van der Waals surface area (Å²) in [6.07, 6.45) is 4.54. The molecule has 0 radical (unpaired) electrons. The molecule has 0 aromatic carbocycles. The van der Waals surface area contributed by atoms with Crippen molar-refractivity contribution in [1.82, 2.24) is 9.97 Å². The molecule has 0 N–H and O–H groups in total. The first-order chi connectivity index (χ1) is 6.22. The van der Waals surface area contributed by atoms with Gasteiger partial charge >= 0.3 is 0 Å². The van der Waals surface area contributed by atoms with Crippen LogP contribution in [0.15, 0.2) is 6.07 Å². The first-order valence-electron chi connectivity index (χ1n) is 4.72. The third-order valence-electron chi connectivity index (χ3n) is 1.87. The maximum absolute atomic E-state index is 5.81. The third-order valence-corrected chi connectivity index (χ3v) is 2.07. The van der Waals surface area contributed by atoms with Crippen LogP contribution < -0.4 is 0 Å². The lowest BCUT2D eigenvalue weighted by molar-refractivity contribution is 0.691. The Balaban J connectivity index is 2.56. The van der Waals surface area contributed by atoms with Crippen LogP contribution in [0.2, 0.25) is 5.15 Å². The zero-order valence-electron chi connectivity index (χ0n) is 8.18.